The highest BCUT2D eigenvalue weighted by molar-refractivity contribution is 7.80. The number of esters is 1. The normalized spacial score (nSPS) is 17.8. The summed E-state index contributed by atoms with van der Waals surface area (Å²) in [4.78, 5) is 12.5. The third-order valence-electron chi connectivity index (χ3n) is 4.81. The number of nitrogens with one attached hydrogen (secondary N) is 1. The van der Waals surface area contributed by atoms with Crippen LogP contribution in [-0.2, 0) is 14.3 Å². The van der Waals surface area contributed by atoms with E-state index in [0.29, 0.717) is 44.1 Å². The van der Waals surface area contributed by atoms with Gasteiger partial charge in [-0.3, -0.25) is 4.79 Å². The first-order chi connectivity index (χ1) is 14.9. The lowest BCUT2D eigenvalue weighted by molar-refractivity contribution is -0.145. The largest absolute Gasteiger partial charge is 0.495 e. The lowest BCUT2D eigenvalue weighted by Crippen LogP contribution is -2.31. The maximum Gasteiger partial charge on any atom is 0.308 e. The van der Waals surface area contributed by atoms with Crippen LogP contribution in [-0.4, -0.2) is 45.0 Å². The van der Waals surface area contributed by atoms with E-state index in [0.717, 1.165) is 0 Å². The van der Waals surface area contributed by atoms with Crippen molar-refractivity contribution in [2.75, 3.05) is 33.3 Å². The maximum absolute atomic E-state index is 12.2. The molecule has 0 saturated carbocycles. The fraction of sp³-hybridized carbons (Fsp3) is 0.364. The Morgan fingerprint density at radius 1 is 1.13 bits per heavy atom. The fourth-order valence-corrected chi connectivity index (χ4v) is 3.94. The van der Waals surface area contributed by atoms with Gasteiger partial charge in [-0.1, -0.05) is 36.0 Å². The molecule has 1 heterocycles. The van der Waals surface area contributed by atoms with E-state index in [1.54, 1.807) is 46.5 Å². The number of carbonyl (C=O) groups is 1. The van der Waals surface area contributed by atoms with Crippen LogP contribution in [0.3, 0.4) is 0 Å². The van der Waals surface area contributed by atoms with Crippen LogP contribution in [0.1, 0.15) is 30.6 Å². The molecule has 0 radical (unpaired) electrons. The zero-order valence-electron chi connectivity index (χ0n) is 17.7. The first-order valence-corrected chi connectivity index (χ1v) is 10.4. The van der Waals surface area contributed by atoms with Crippen LogP contribution in [0.15, 0.2) is 30.3 Å². The van der Waals surface area contributed by atoms with Crippen molar-refractivity contribution in [3.63, 3.8) is 0 Å². The molecule has 1 aliphatic rings. The molecule has 0 fully saturated rings. The van der Waals surface area contributed by atoms with E-state index in [1.165, 1.54) is 0 Å². The van der Waals surface area contributed by atoms with Gasteiger partial charge >= 0.3 is 5.97 Å². The van der Waals surface area contributed by atoms with Gasteiger partial charge in [0.25, 0.3) is 0 Å². The molecule has 31 heavy (non-hydrogen) atoms. The molecule has 1 N–H and O–H groups in total. The number of halogens is 1. The first kappa shape index (κ1) is 23.1. The second kappa shape index (κ2) is 10.2. The van der Waals surface area contributed by atoms with E-state index in [1.807, 2.05) is 12.1 Å². The van der Waals surface area contributed by atoms with Gasteiger partial charge in [0.1, 0.15) is 22.9 Å². The highest BCUT2D eigenvalue weighted by Gasteiger charge is 2.35. The van der Waals surface area contributed by atoms with Crippen molar-refractivity contribution >= 4 is 40.5 Å². The molecule has 7 nitrogen and oxygen atoms in total. The number of benzene rings is 2. The minimum Gasteiger partial charge on any atom is -0.495 e. The van der Waals surface area contributed by atoms with Crippen molar-refractivity contribution in [1.29, 1.82) is 0 Å². The molecule has 0 amide bonds. The van der Waals surface area contributed by atoms with Crippen LogP contribution in [0.25, 0.3) is 0 Å². The molecular formula is C22H24ClNO6S. The lowest BCUT2D eigenvalue weighted by Gasteiger charge is -2.24. The number of hydrogen-bond acceptors (Lipinski definition) is 7. The zero-order chi connectivity index (χ0) is 22.5. The Balaban J connectivity index is 2.18. The van der Waals surface area contributed by atoms with Crippen molar-refractivity contribution in [2.24, 2.45) is 0 Å². The highest BCUT2D eigenvalue weighted by atomic mass is 35.5. The topological polar surface area (TPSA) is 75.3 Å². The predicted octanol–water partition coefficient (Wildman–Crippen LogP) is 4.55. The van der Waals surface area contributed by atoms with Crippen molar-refractivity contribution in [2.45, 2.75) is 25.6 Å². The number of methoxy groups -OCH3 is 3. The molecule has 166 valence electrons. The summed E-state index contributed by atoms with van der Waals surface area (Å²) >= 11 is 11.9. The van der Waals surface area contributed by atoms with Gasteiger partial charge in [-0.2, -0.15) is 0 Å². The Labute approximate surface area is 191 Å². The maximum atomic E-state index is 12.2. The number of carbonyl (C=O) groups excluding carboxylic acids is 1. The Bertz CT molecular complexity index is 983. The molecule has 0 bridgehead atoms. The van der Waals surface area contributed by atoms with Crippen LogP contribution in [0.2, 0.25) is 5.02 Å². The number of hydrogen-bond donors (Lipinski definition) is 1. The summed E-state index contributed by atoms with van der Waals surface area (Å²) < 4.78 is 28.1. The Hall–Kier alpha value is -2.55. The number of ether oxygens (including phenoxy) is 5. The average molecular weight is 466 g/mol. The summed E-state index contributed by atoms with van der Waals surface area (Å²) in [5.74, 6) is 1.13. The minimum atomic E-state index is -0.745. The van der Waals surface area contributed by atoms with Crippen molar-refractivity contribution in [1.82, 2.24) is 0 Å². The number of para-hydroxylation sites is 1. The minimum absolute atomic E-state index is 0.0491. The summed E-state index contributed by atoms with van der Waals surface area (Å²) in [5, 5.41) is 3.64. The first-order valence-electron chi connectivity index (χ1n) is 9.63. The Morgan fingerprint density at radius 3 is 2.52 bits per heavy atom. The fourth-order valence-electron chi connectivity index (χ4n) is 3.48. The quantitative estimate of drug-likeness (QED) is 0.471. The molecule has 0 aromatic heterocycles. The van der Waals surface area contributed by atoms with Gasteiger partial charge in [-0.05, 0) is 19.1 Å². The summed E-state index contributed by atoms with van der Waals surface area (Å²) in [6, 6.07) is 8.93. The molecule has 9 heteroatoms. The smallest absolute Gasteiger partial charge is 0.308 e. The molecule has 0 spiro atoms. The van der Waals surface area contributed by atoms with Crippen LogP contribution in [0.5, 0.6) is 17.2 Å². The molecule has 0 unspecified atom stereocenters. The van der Waals surface area contributed by atoms with Gasteiger partial charge in [0.2, 0.25) is 0 Å². The second-order valence-corrected chi connectivity index (χ2v) is 7.53. The standard InChI is InChI=1S/C22H24ClNO6S/c1-5-29-18(25)11-17-22(31)24-19-14(9-12(23)10-16(19)27-3)20(30-17)13-7-6-8-15(26-2)21(13)28-4/h6-10,17,20H,5,11H2,1-4H3,(H,24,31)/t17-,20-/m1/s1. The SMILES string of the molecule is CCOC(=O)C[C@H]1O[C@H](c2cccc(OC)c2OC)c2cc(Cl)cc(OC)c2NC1=S. The molecule has 2 aromatic rings. The summed E-state index contributed by atoms with van der Waals surface area (Å²) in [6.45, 7) is 2.01. The number of rotatable bonds is 7. The van der Waals surface area contributed by atoms with E-state index >= 15 is 0 Å². The molecule has 0 saturated heterocycles. The summed E-state index contributed by atoms with van der Waals surface area (Å²) in [6.07, 6.45) is -1.47. The summed E-state index contributed by atoms with van der Waals surface area (Å²) in [5.41, 5.74) is 1.98. The van der Waals surface area contributed by atoms with Crippen LogP contribution in [0, 0.1) is 0 Å². The van der Waals surface area contributed by atoms with Crippen molar-refractivity contribution < 1.29 is 28.5 Å². The van der Waals surface area contributed by atoms with Crippen LogP contribution in [0.4, 0.5) is 5.69 Å². The van der Waals surface area contributed by atoms with Gasteiger partial charge in [0.15, 0.2) is 11.5 Å². The van der Waals surface area contributed by atoms with Gasteiger partial charge in [-0.25, -0.2) is 0 Å². The van der Waals surface area contributed by atoms with Gasteiger partial charge in [0, 0.05) is 22.2 Å². The number of thiocarbonyl (C=S) groups is 1. The van der Waals surface area contributed by atoms with E-state index < -0.39 is 18.2 Å². The molecule has 0 aliphatic carbocycles. The van der Waals surface area contributed by atoms with E-state index in [9.17, 15) is 4.79 Å². The third kappa shape index (κ3) is 4.87. The van der Waals surface area contributed by atoms with Gasteiger partial charge in [-0.15, -0.1) is 0 Å². The van der Waals surface area contributed by atoms with Crippen LogP contribution < -0.4 is 19.5 Å². The second-order valence-electron chi connectivity index (χ2n) is 6.66. The van der Waals surface area contributed by atoms with Crippen molar-refractivity contribution in [3.8, 4) is 17.2 Å². The number of anilines is 1. The monoisotopic (exact) mass is 465 g/mol. The van der Waals surface area contributed by atoms with E-state index in [-0.39, 0.29) is 13.0 Å². The van der Waals surface area contributed by atoms with E-state index in [2.05, 4.69) is 5.32 Å². The average Bonchev–Trinajstić information content (AvgIpc) is 2.89. The molecule has 2 aromatic carbocycles. The predicted molar refractivity (Wildman–Crippen MR) is 122 cm³/mol. The summed E-state index contributed by atoms with van der Waals surface area (Å²) in [7, 11) is 4.65. The highest BCUT2D eigenvalue weighted by Crippen LogP contribution is 2.46. The lowest BCUT2D eigenvalue weighted by atomic mass is 9.98. The van der Waals surface area contributed by atoms with Crippen molar-refractivity contribution in [3.05, 3.63) is 46.5 Å². The van der Waals surface area contributed by atoms with E-state index in [4.69, 9.17) is 47.5 Å². The molecule has 3 rings (SSSR count). The van der Waals surface area contributed by atoms with Gasteiger partial charge < -0.3 is 29.0 Å². The zero-order valence-corrected chi connectivity index (χ0v) is 19.3. The number of fused-ring (bicyclic) bond motifs is 1. The van der Waals surface area contributed by atoms with Crippen LogP contribution >= 0.6 is 23.8 Å². The molecule has 2 atom stereocenters. The molecular weight excluding hydrogens is 442 g/mol. The third-order valence-corrected chi connectivity index (χ3v) is 5.40. The Morgan fingerprint density at radius 2 is 1.87 bits per heavy atom. The Kier molecular flexibility index (Phi) is 7.59. The van der Waals surface area contributed by atoms with Gasteiger partial charge in [0.05, 0.1) is 40.0 Å². The molecule has 1 aliphatic heterocycles.